The SMILES string of the molecule is CNC(c1ccc(Cl)s1)c1coc2ccccc12. The van der Waals surface area contributed by atoms with Gasteiger partial charge in [0, 0.05) is 15.8 Å². The van der Waals surface area contributed by atoms with Gasteiger partial charge in [-0.25, -0.2) is 0 Å². The van der Waals surface area contributed by atoms with Crippen LogP contribution >= 0.6 is 22.9 Å². The lowest BCUT2D eigenvalue weighted by Crippen LogP contribution is -2.15. The predicted molar refractivity (Wildman–Crippen MR) is 76.4 cm³/mol. The number of halogens is 1. The quantitative estimate of drug-likeness (QED) is 0.765. The minimum atomic E-state index is 0.117. The molecule has 0 radical (unpaired) electrons. The van der Waals surface area contributed by atoms with Gasteiger partial charge in [0.25, 0.3) is 0 Å². The van der Waals surface area contributed by atoms with Crippen LogP contribution in [0.3, 0.4) is 0 Å². The molecule has 0 aliphatic carbocycles. The number of para-hydroxylation sites is 1. The van der Waals surface area contributed by atoms with Crippen molar-refractivity contribution in [1.82, 2.24) is 5.32 Å². The largest absolute Gasteiger partial charge is 0.464 e. The van der Waals surface area contributed by atoms with Crippen molar-refractivity contribution in [2.45, 2.75) is 6.04 Å². The Morgan fingerprint density at radius 1 is 1.22 bits per heavy atom. The van der Waals surface area contributed by atoms with Crippen molar-refractivity contribution in [3.8, 4) is 0 Å². The van der Waals surface area contributed by atoms with Gasteiger partial charge in [0.1, 0.15) is 5.58 Å². The van der Waals surface area contributed by atoms with Gasteiger partial charge in [0.2, 0.25) is 0 Å². The Morgan fingerprint density at radius 2 is 2.06 bits per heavy atom. The van der Waals surface area contributed by atoms with Crippen molar-refractivity contribution in [3.05, 3.63) is 57.4 Å². The van der Waals surface area contributed by atoms with Crippen molar-refractivity contribution in [3.63, 3.8) is 0 Å². The van der Waals surface area contributed by atoms with E-state index in [4.69, 9.17) is 16.0 Å². The van der Waals surface area contributed by atoms with E-state index in [0.717, 1.165) is 20.9 Å². The highest BCUT2D eigenvalue weighted by Gasteiger charge is 2.18. The summed E-state index contributed by atoms with van der Waals surface area (Å²) in [7, 11) is 1.94. The third-order valence-corrected chi connectivity index (χ3v) is 4.29. The van der Waals surface area contributed by atoms with Gasteiger partial charge >= 0.3 is 0 Å². The van der Waals surface area contributed by atoms with Crippen LogP contribution in [0.5, 0.6) is 0 Å². The van der Waals surface area contributed by atoms with E-state index in [9.17, 15) is 0 Å². The summed E-state index contributed by atoms with van der Waals surface area (Å²) < 4.78 is 6.40. The Morgan fingerprint density at radius 3 is 2.78 bits per heavy atom. The van der Waals surface area contributed by atoms with E-state index in [0.29, 0.717) is 0 Å². The summed E-state index contributed by atoms with van der Waals surface area (Å²) >= 11 is 7.60. The number of benzene rings is 1. The Hall–Kier alpha value is -1.29. The molecule has 0 aliphatic heterocycles. The van der Waals surface area contributed by atoms with Gasteiger partial charge in [-0.05, 0) is 25.2 Å². The van der Waals surface area contributed by atoms with Crippen LogP contribution in [0.1, 0.15) is 16.5 Å². The standard InChI is InChI=1S/C14H12ClNOS/c1-16-14(12-6-7-13(15)18-12)10-8-17-11-5-3-2-4-9(10)11/h2-8,14,16H,1H3. The van der Waals surface area contributed by atoms with E-state index in [1.807, 2.05) is 37.6 Å². The van der Waals surface area contributed by atoms with Gasteiger partial charge in [0.05, 0.1) is 16.6 Å². The van der Waals surface area contributed by atoms with Crippen LogP contribution in [0.25, 0.3) is 11.0 Å². The van der Waals surface area contributed by atoms with Gasteiger partial charge in [-0.2, -0.15) is 0 Å². The molecule has 92 valence electrons. The first-order valence-corrected chi connectivity index (χ1v) is 6.87. The van der Waals surface area contributed by atoms with E-state index in [2.05, 4.69) is 17.4 Å². The zero-order chi connectivity index (χ0) is 12.5. The maximum absolute atomic E-state index is 6.01. The van der Waals surface area contributed by atoms with Crippen LogP contribution in [0.2, 0.25) is 4.34 Å². The van der Waals surface area contributed by atoms with Gasteiger partial charge in [0.15, 0.2) is 0 Å². The normalized spacial score (nSPS) is 13.0. The Balaban J connectivity index is 2.11. The molecule has 0 saturated carbocycles. The minimum Gasteiger partial charge on any atom is -0.464 e. The molecule has 1 unspecified atom stereocenters. The van der Waals surface area contributed by atoms with E-state index >= 15 is 0 Å². The highest BCUT2D eigenvalue weighted by Crippen LogP contribution is 2.34. The molecule has 2 aromatic heterocycles. The summed E-state index contributed by atoms with van der Waals surface area (Å²) in [5.74, 6) is 0. The maximum Gasteiger partial charge on any atom is 0.134 e. The van der Waals surface area contributed by atoms with Crippen molar-refractivity contribution in [1.29, 1.82) is 0 Å². The van der Waals surface area contributed by atoms with Crippen molar-refractivity contribution in [2.75, 3.05) is 7.05 Å². The second-order valence-electron chi connectivity index (χ2n) is 4.05. The summed E-state index contributed by atoms with van der Waals surface area (Å²) in [5.41, 5.74) is 2.06. The fourth-order valence-corrected chi connectivity index (χ4v) is 3.35. The average molecular weight is 278 g/mol. The van der Waals surface area contributed by atoms with E-state index in [1.165, 1.54) is 4.88 Å². The summed E-state index contributed by atoms with van der Waals surface area (Å²) in [6.07, 6.45) is 1.82. The first-order valence-electron chi connectivity index (χ1n) is 5.68. The van der Waals surface area contributed by atoms with Gasteiger partial charge in [-0.1, -0.05) is 29.8 Å². The first kappa shape index (κ1) is 11.8. The smallest absolute Gasteiger partial charge is 0.134 e. The van der Waals surface area contributed by atoms with Crippen LogP contribution in [-0.2, 0) is 0 Å². The minimum absolute atomic E-state index is 0.117. The molecule has 3 aromatic rings. The number of furan rings is 1. The lowest BCUT2D eigenvalue weighted by molar-refractivity contribution is 0.598. The maximum atomic E-state index is 6.01. The number of rotatable bonds is 3. The summed E-state index contributed by atoms with van der Waals surface area (Å²) in [4.78, 5) is 1.19. The molecule has 1 aromatic carbocycles. The predicted octanol–water partition coefficient (Wildman–Crippen LogP) is 4.46. The lowest BCUT2D eigenvalue weighted by atomic mass is 10.0. The molecular weight excluding hydrogens is 266 g/mol. The molecule has 4 heteroatoms. The molecule has 0 saturated heterocycles. The fourth-order valence-electron chi connectivity index (χ4n) is 2.16. The molecule has 1 N–H and O–H groups in total. The second-order valence-corrected chi connectivity index (χ2v) is 5.80. The molecule has 0 aliphatic rings. The van der Waals surface area contributed by atoms with Gasteiger partial charge in [-0.3, -0.25) is 0 Å². The van der Waals surface area contributed by atoms with Crippen molar-refractivity contribution >= 4 is 33.9 Å². The van der Waals surface area contributed by atoms with Gasteiger partial charge in [-0.15, -0.1) is 11.3 Å². The number of hydrogen-bond donors (Lipinski definition) is 1. The molecule has 2 heterocycles. The van der Waals surface area contributed by atoms with Crippen molar-refractivity contribution in [2.24, 2.45) is 0 Å². The number of hydrogen-bond acceptors (Lipinski definition) is 3. The molecule has 18 heavy (non-hydrogen) atoms. The monoisotopic (exact) mass is 277 g/mol. The number of thiophene rings is 1. The third kappa shape index (κ3) is 1.94. The Bertz CT molecular complexity index is 673. The van der Waals surface area contributed by atoms with Crippen LogP contribution in [0, 0.1) is 0 Å². The van der Waals surface area contributed by atoms with Crippen LogP contribution in [-0.4, -0.2) is 7.05 Å². The Labute approximate surface area is 114 Å². The summed E-state index contributed by atoms with van der Waals surface area (Å²) in [6, 6.07) is 12.2. The van der Waals surface area contributed by atoms with Crippen LogP contribution in [0.4, 0.5) is 0 Å². The summed E-state index contributed by atoms with van der Waals surface area (Å²) in [5, 5.41) is 4.46. The fraction of sp³-hybridized carbons (Fsp3) is 0.143. The highest BCUT2D eigenvalue weighted by molar-refractivity contribution is 7.16. The molecule has 0 amide bonds. The molecule has 0 spiro atoms. The first-order chi connectivity index (χ1) is 8.79. The molecule has 0 bridgehead atoms. The zero-order valence-corrected chi connectivity index (χ0v) is 11.4. The van der Waals surface area contributed by atoms with Crippen LogP contribution < -0.4 is 5.32 Å². The topological polar surface area (TPSA) is 25.2 Å². The van der Waals surface area contributed by atoms with Crippen molar-refractivity contribution < 1.29 is 4.42 Å². The molecule has 0 fully saturated rings. The Kier molecular flexibility index (Phi) is 3.12. The molecule has 2 nitrogen and oxygen atoms in total. The molecule has 1 atom stereocenters. The molecular formula is C14H12ClNOS. The number of nitrogens with one attached hydrogen (secondary N) is 1. The van der Waals surface area contributed by atoms with E-state index in [-0.39, 0.29) is 6.04 Å². The number of fused-ring (bicyclic) bond motifs is 1. The van der Waals surface area contributed by atoms with Gasteiger partial charge < -0.3 is 9.73 Å². The van der Waals surface area contributed by atoms with E-state index in [1.54, 1.807) is 11.3 Å². The van der Waals surface area contributed by atoms with E-state index < -0.39 is 0 Å². The third-order valence-electron chi connectivity index (χ3n) is 2.99. The average Bonchev–Trinajstić information content (AvgIpc) is 2.98. The zero-order valence-electron chi connectivity index (χ0n) is 9.81. The molecule has 3 rings (SSSR count). The second kappa shape index (κ2) is 4.76. The van der Waals surface area contributed by atoms with Crippen LogP contribution in [0.15, 0.2) is 47.1 Å². The summed E-state index contributed by atoms with van der Waals surface area (Å²) in [6.45, 7) is 0. The highest BCUT2D eigenvalue weighted by atomic mass is 35.5. The lowest BCUT2D eigenvalue weighted by Gasteiger charge is -2.12.